The zero-order valence-electron chi connectivity index (χ0n) is 14.7. The van der Waals surface area contributed by atoms with Crippen LogP contribution >= 0.6 is 11.6 Å². The van der Waals surface area contributed by atoms with Crippen LogP contribution in [0.3, 0.4) is 0 Å². The SMILES string of the molecule is CC1CCN(CCN(Cc2ccc(Cl)cc2)C(=O)c2ccco2)CC1. The molecule has 1 fully saturated rings. The van der Waals surface area contributed by atoms with Gasteiger partial charge in [0.15, 0.2) is 5.76 Å². The highest BCUT2D eigenvalue weighted by Gasteiger charge is 2.21. The number of hydrogen-bond donors (Lipinski definition) is 0. The molecule has 0 unspecified atom stereocenters. The van der Waals surface area contributed by atoms with Crippen LogP contribution < -0.4 is 0 Å². The summed E-state index contributed by atoms with van der Waals surface area (Å²) >= 11 is 5.96. The number of halogens is 1. The first-order valence-corrected chi connectivity index (χ1v) is 9.29. The van der Waals surface area contributed by atoms with Crippen molar-refractivity contribution in [1.82, 2.24) is 9.80 Å². The van der Waals surface area contributed by atoms with Gasteiger partial charge in [0, 0.05) is 24.7 Å². The number of amides is 1. The van der Waals surface area contributed by atoms with Crippen LogP contribution in [0.4, 0.5) is 0 Å². The predicted octanol–water partition coefficient (Wildman–Crippen LogP) is 4.31. The van der Waals surface area contributed by atoms with Gasteiger partial charge in [0.2, 0.25) is 0 Å². The molecule has 0 N–H and O–H groups in total. The van der Waals surface area contributed by atoms with E-state index in [2.05, 4.69) is 11.8 Å². The first-order valence-electron chi connectivity index (χ1n) is 8.91. The van der Waals surface area contributed by atoms with Crippen molar-refractivity contribution in [3.8, 4) is 0 Å². The molecule has 25 heavy (non-hydrogen) atoms. The zero-order valence-corrected chi connectivity index (χ0v) is 15.4. The Labute approximate surface area is 154 Å². The molecule has 2 heterocycles. The van der Waals surface area contributed by atoms with Gasteiger partial charge in [0.25, 0.3) is 5.91 Å². The van der Waals surface area contributed by atoms with Crippen LogP contribution in [0, 0.1) is 5.92 Å². The highest BCUT2D eigenvalue weighted by atomic mass is 35.5. The topological polar surface area (TPSA) is 36.7 Å². The summed E-state index contributed by atoms with van der Waals surface area (Å²) in [6, 6.07) is 11.1. The van der Waals surface area contributed by atoms with Gasteiger partial charge in [-0.05, 0) is 61.7 Å². The fourth-order valence-electron chi connectivity index (χ4n) is 3.17. The molecule has 1 aliphatic rings. The quantitative estimate of drug-likeness (QED) is 0.770. The van der Waals surface area contributed by atoms with Gasteiger partial charge in [0.05, 0.1) is 6.26 Å². The van der Waals surface area contributed by atoms with E-state index in [0.717, 1.165) is 31.1 Å². The van der Waals surface area contributed by atoms with Crippen LogP contribution in [0.2, 0.25) is 5.02 Å². The Morgan fingerprint density at radius 3 is 2.60 bits per heavy atom. The molecule has 0 radical (unpaired) electrons. The van der Waals surface area contributed by atoms with Crippen LogP contribution in [-0.4, -0.2) is 41.9 Å². The number of benzene rings is 1. The fraction of sp³-hybridized carbons (Fsp3) is 0.450. The Bertz CT molecular complexity index is 662. The van der Waals surface area contributed by atoms with E-state index in [1.807, 2.05) is 29.2 Å². The lowest BCUT2D eigenvalue weighted by Gasteiger charge is -2.32. The molecule has 1 aromatic carbocycles. The Balaban J connectivity index is 1.65. The third-order valence-electron chi connectivity index (χ3n) is 4.87. The van der Waals surface area contributed by atoms with Crippen LogP contribution in [0.5, 0.6) is 0 Å². The zero-order chi connectivity index (χ0) is 17.6. The molecule has 134 valence electrons. The minimum Gasteiger partial charge on any atom is -0.459 e. The number of hydrogen-bond acceptors (Lipinski definition) is 3. The number of carbonyl (C=O) groups is 1. The Morgan fingerprint density at radius 2 is 1.96 bits per heavy atom. The highest BCUT2D eigenvalue weighted by molar-refractivity contribution is 6.30. The summed E-state index contributed by atoms with van der Waals surface area (Å²) in [5.74, 6) is 1.14. The molecule has 0 atom stereocenters. The molecule has 0 aliphatic carbocycles. The van der Waals surface area contributed by atoms with Crippen molar-refractivity contribution in [1.29, 1.82) is 0 Å². The summed E-state index contributed by atoms with van der Waals surface area (Å²) in [7, 11) is 0. The van der Waals surface area contributed by atoms with Crippen molar-refractivity contribution in [2.45, 2.75) is 26.3 Å². The lowest BCUT2D eigenvalue weighted by molar-refractivity contribution is 0.0678. The lowest BCUT2D eigenvalue weighted by Crippen LogP contribution is -2.41. The maximum Gasteiger partial charge on any atom is 0.289 e. The van der Waals surface area contributed by atoms with Gasteiger partial charge in [-0.2, -0.15) is 0 Å². The number of carbonyl (C=O) groups excluding carboxylic acids is 1. The van der Waals surface area contributed by atoms with E-state index in [1.165, 1.54) is 12.8 Å². The summed E-state index contributed by atoms with van der Waals surface area (Å²) in [6.45, 7) is 6.69. The summed E-state index contributed by atoms with van der Waals surface area (Å²) in [5, 5.41) is 0.704. The van der Waals surface area contributed by atoms with E-state index in [9.17, 15) is 4.79 Å². The first kappa shape index (κ1) is 18.0. The molecule has 4 nitrogen and oxygen atoms in total. The number of piperidine rings is 1. The van der Waals surface area contributed by atoms with Gasteiger partial charge in [0.1, 0.15) is 0 Å². The van der Waals surface area contributed by atoms with Crippen LogP contribution in [0.25, 0.3) is 0 Å². The van der Waals surface area contributed by atoms with Gasteiger partial charge in [-0.1, -0.05) is 30.7 Å². The van der Waals surface area contributed by atoms with Crippen molar-refractivity contribution in [2.75, 3.05) is 26.2 Å². The molecular weight excluding hydrogens is 336 g/mol. The van der Waals surface area contributed by atoms with Crippen LogP contribution in [0.1, 0.15) is 35.9 Å². The van der Waals surface area contributed by atoms with E-state index in [4.69, 9.17) is 16.0 Å². The molecule has 1 aromatic heterocycles. The summed E-state index contributed by atoms with van der Waals surface area (Å²) in [6.07, 6.45) is 4.02. The molecule has 1 amide bonds. The van der Waals surface area contributed by atoms with E-state index in [-0.39, 0.29) is 5.91 Å². The van der Waals surface area contributed by atoms with Crippen molar-refractivity contribution in [3.63, 3.8) is 0 Å². The van der Waals surface area contributed by atoms with E-state index >= 15 is 0 Å². The highest BCUT2D eigenvalue weighted by Crippen LogP contribution is 2.17. The molecule has 1 aliphatic heterocycles. The van der Waals surface area contributed by atoms with Crippen molar-refractivity contribution in [3.05, 3.63) is 59.0 Å². The normalized spacial score (nSPS) is 16.1. The summed E-state index contributed by atoms with van der Waals surface area (Å²) in [4.78, 5) is 17.1. The molecule has 5 heteroatoms. The molecule has 1 saturated heterocycles. The summed E-state index contributed by atoms with van der Waals surface area (Å²) in [5.41, 5.74) is 1.07. The van der Waals surface area contributed by atoms with Gasteiger partial charge in [-0.25, -0.2) is 0 Å². The molecule has 0 bridgehead atoms. The molecular formula is C20H25ClN2O2. The molecule has 3 rings (SSSR count). The Hall–Kier alpha value is -1.78. The molecule has 2 aromatic rings. The molecule has 0 saturated carbocycles. The van der Waals surface area contributed by atoms with Crippen molar-refractivity contribution < 1.29 is 9.21 Å². The van der Waals surface area contributed by atoms with Crippen molar-refractivity contribution in [2.24, 2.45) is 5.92 Å². The summed E-state index contributed by atoms with van der Waals surface area (Å²) < 4.78 is 5.31. The van der Waals surface area contributed by atoms with Gasteiger partial charge in [-0.15, -0.1) is 0 Å². The maximum atomic E-state index is 12.8. The van der Waals surface area contributed by atoms with Gasteiger partial charge in [-0.3, -0.25) is 4.79 Å². The van der Waals surface area contributed by atoms with E-state index in [0.29, 0.717) is 23.9 Å². The number of furan rings is 1. The second kappa shape index (κ2) is 8.54. The van der Waals surface area contributed by atoms with Gasteiger partial charge < -0.3 is 14.2 Å². The Morgan fingerprint density at radius 1 is 1.24 bits per heavy atom. The van der Waals surface area contributed by atoms with Crippen LogP contribution in [0.15, 0.2) is 47.1 Å². The minimum atomic E-state index is -0.0645. The number of rotatable bonds is 6. The smallest absolute Gasteiger partial charge is 0.289 e. The molecule has 0 spiro atoms. The average molecular weight is 361 g/mol. The third kappa shape index (κ3) is 5.10. The van der Waals surface area contributed by atoms with Gasteiger partial charge >= 0.3 is 0 Å². The van der Waals surface area contributed by atoms with E-state index < -0.39 is 0 Å². The first-order chi connectivity index (χ1) is 12.1. The minimum absolute atomic E-state index is 0.0645. The second-order valence-corrected chi connectivity index (χ2v) is 7.29. The van der Waals surface area contributed by atoms with Crippen molar-refractivity contribution >= 4 is 17.5 Å². The second-order valence-electron chi connectivity index (χ2n) is 6.85. The maximum absolute atomic E-state index is 12.8. The monoisotopic (exact) mass is 360 g/mol. The predicted molar refractivity (Wildman–Crippen MR) is 99.7 cm³/mol. The number of likely N-dealkylation sites (tertiary alicyclic amines) is 1. The largest absolute Gasteiger partial charge is 0.459 e. The number of nitrogens with zero attached hydrogens (tertiary/aromatic N) is 2. The Kier molecular flexibility index (Phi) is 6.16. The fourth-order valence-corrected chi connectivity index (χ4v) is 3.29. The third-order valence-corrected chi connectivity index (χ3v) is 5.12. The van der Waals surface area contributed by atoms with E-state index in [1.54, 1.807) is 18.4 Å². The average Bonchev–Trinajstić information content (AvgIpc) is 3.16. The lowest BCUT2D eigenvalue weighted by atomic mass is 9.99. The van der Waals surface area contributed by atoms with Crippen LogP contribution in [-0.2, 0) is 6.54 Å². The standard InChI is InChI=1S/C20H25ClN2O2/c1-16-8-10-22(11-9-16)12-13-23(20(24)19-3-2-14-25-19)15-17-4-6-18(21)7-5-17/h2-7,14,16H,8-13,15H2,1H3.